The number of nitrogens with one attached hydrogen (secondary N) is 2. The summed E-state index contributed by atoms with van der Waals surface area (Å²) in [5.41, 5.74) is -0.249. The molecule has 0 heterocycles. The average Bonchev–Trinajstić information content (AvgIpc) is 2.12. The van der Waals surface area contributed by atoms with E-state index in [1.165, 1.54) is 0 Å². The third-order valence-corrected chi connectivity index (χ3v) is 1.89. The lowest BCUT2D eigenvalue weighted by atomic mass is 10.2. The maximum absolute atomic E-state index is 3.76. The predicted octanol–water partition coefficient (Wildman–Crippen LogP) is 1.15. The minimum atomic E-state index is -0.249. The Morgan fingerprint density at radius 3 is 2.33 bits per heavy atom. The molecule has 12 heavy (non-hydrogen) atoms. The summed E-state index contributed by atoms with van der Waals surface area (Å²) in [5, 5.41) is 6.21. The first-order valence-corrected chi connectivity index (χ1v) is 4.35. The van der Waals surface area contributed by atoms with Crippen molar-refractivity contribution >= 4 is 0 Å². The summed E-state index contributed by atoms with van der Waals surface area (Å²) in [5.74, 6) is 6.24. The average molecular weight is 167 g/mol. The van der Waals surface area contributed by atoms with E-state index in [2.05, 4.69) is 29.4 Å². The summed E-state index contributed by atoms with van der Waals surface area (Å²) in [6.45, 7) is 5.78. The summed E-state index contributed by atoms with van der Waals surface area (Å²) in [6, 6.07) is 0. The van der Waals surface area contributed by atoms with Crippen LogP contribution < -0.4 is 10.6 Å². The molecule has 0 aromatic heterocycles. The fourth-order valence-corrected chi connectivity index (χ4v) is 0.703. The highest BCUT2D eigenvalue weighted by molar-refractivity contribution is 5.13. The van der Waals surface area contributed by atoms with Crippen molar-refractivity contribution < 1.29 is 0 Å². The molecule has 2 heteroatoms. The molecule has 0 aliphatic carbocycles. The lowest BCUT2D eigenvalue weighted by Crippen LogP contribution is -2.49. The molecule has 0 aromatic rings. The van der Waals surface area contributed by atoms with Gasteiger partial charge in [-0.15, -0.1) is 0 Å². The first-order chi connectivity index (χ1) is 5.68. The predicted molar refractivity (Wildman–Crippen MR) is 53.5 cm³/mol. The molecule has 0 aliphatic rings. The second kappa shape index (κ2) is 6.05. The van der Waals surface area contributed by atoms with Crippen molar-refractivity contribution in [2.75, 3.05) is 14.1 Å². The minimum Gasteiger partial charge on any atom is -0.292 e. The molecule has 69 valence electrons. The molecule has 0 aliphatic heterocycles. The van der Waals surface area contributed by atoms with Gasteiger partial charge in [0.25, 0.3) is 0 Å². The van der Waals surface area contributed by atoms with Crippen molar-refractivity contribution in [1.29, 1.82) is 0 Å². The summed E-state index contributed by atoms with van der Waals surface area (Å²) >= 11 is 0. The smallest absolute Gasteiger partial charge is 0.129 e. The van der Waals surface area contributed by atoms with E-state index in [0.29, 0.717) is 0 Å². The summed E-state index contributed by atoms with van der Waals surface area (Å²) in [6.07, 6.45) is 2.98. The third kappa shape index (κ3) is 4.38. The molecule has 2 nitrogen and oxygen atoms in total. The van der Waals surface area contributed by atoms with Gasteiger partial charge in [0.2, 0.25) is 0 Å². The molecule has 0 rings (SSSR count). The van der Waals surface area contributed by atoms with Crippen LogP contribution >= 0.6 is 0 Å². The molecule has 0 bridgehead atoms. The molecule has 0 saturated heterocycles. The summed E-state index contributed by atoms with van der Waals surface area (Å²) in [7, 11) is 3.79. The van der Waals surface area contributed by atoms with Crippen molar-refractivity contribution in [2.24, 2.45) is 0 Å². The fraction of sp³-hybridized carbons (Fsp3) is 0.700. The third-order valence-electron chi connectivity index (χ3n) is 1.89. The van der Waals surface area contributed by atoms with Gasteiger partial charge in [0.15, 0.2) is 0 Å². The Hall–Kier alpha value is -0.520. The SMILES string of the molecule is [CH2]CCCC#CC(C)(NC)NC. The molecule has 0 saturated carbocycles. The van der Waals surface area contributed by atoms with E-state index >= 15 is 0 Å². The normalized spacial score (nSPS) is 10.7. The first-order valence-electron chi connectivity index (χ1n) is 4.35. The molecule has 2 N–H and O–H groups in total. The number of unbranched alkanes of at least 4 members (excludes halogenated alkanes) is 2. The quantitative estimate of drug-likeness (QED) is 0.373. The minimum absolute atomic E-state index is 0.249. The van der Waals surface area contributed by atoms with Crippen molar-refractivity contribution in [2.45, 2.75) is 31.8 Å². The number of hydrogen-bond donors (Lipinski definition) is 2. The number of hydrogen-bond acceptors (Lipinski definition) is 2. The molecule has 0 aromatic carbocycles. The van der Waals surface area contributed by atoms with Gasteiger partial charge in [-0.25, -0.2) is 0 Å². The topological polar surface area (TPSA) is 24.1 Å². The van der Waals surface area contributed by atoms with E-state index in [4.69, 9.17) is 0 Å². The zero-order chi connectivity index (χ0) is 9.45. The van der Waals surface area contributed by atoms with Crippen LogP contribution in [0.25, 0.3) is 0 Å². The van der Waals surface area contributed by atoms with Gasteiger partial charge in [-0.1, -0.05) is 25.2 Å². The lowest BCUT2D eigenvalue weighted by molar-refractivity contribution is 0.429. The van der Waals surface area contributed by atoms with Crippen LogP contribution in [-0.4, -0.2) is 19.8 Å². The monoisotopic (exact) mass is 167 g/mol. The van der Waals surface area contributed by atoms with Crippen LogP contribution in [0.5, 0.6) is 0 Å². The van der Waals surface area contributed by atoms with Crippen LogP contribution in [0.2, 0.25) is 0 Å². The number of rotatable bonds is 4. The first kappa shape index (κ1) is 11.5. The highest BCUT2D eigenvalue weighted by Gasteiger charge is 2.13. The Morgan fingerprint density at radius 2 is 1.92 bits per heavy atom. The maximum Gasteiger partial charge on any atom is 0.129 e. The Morgan fingerprint density at radius 1 is 1.33 bits per heavy atom. The van der Waals surface area contributed by atoms with E-state index in [0.717, 1.165) is 19.3 Å². The van der Waals surface area contributed by atoms with Crippen LogP contribution in [0.4, 0.5) is 0 Å². The highest BCUT2D eigenvalue weighted by Crippen LogP contribution is 1.95. The van der Waals surface area contributed by atoms with Crippen molar-refractivity contribution in [3.05, 3.63) is 6.92 Å². The Labute approximate surface area is 76.1 Å². The van der Waals surface area contributed by atoms with Gasteiger partial charge < -0.3 is 0 Å². The molecule has 0 atom stereocenters. The van der Waals surface area contributed by atoms with Crippen LogP contribution in [0, 0.1) is 18.8 Å². The van der Waals surface area contributed by atoms with Gasteiger partial charge in [0.05, 0.1) is 0 Å². The molecular weight excluding hydrogens is 148 g/mol. The Kier molecular flexibility index (Phi) is 5.79. The molecular formula is C10H19N2. The van der Waals surface area contributed by atoms with E-state index in [1.54, 1.807) is 0 Å². The lowest BCUT2D eigenvalue weighted by Gasteiger charge is -2.21. The van der Waals surface area contributed by atoms with E-state index in [-0.39, 0.29) is 5.66 Å². The molecule has 1 radical (unpaired) electrons. The van der Waals surface area contributed by atoms with Gasteiger partial charge in [-0.2, -0.15) is 0 Å². The van der Waals surface area contributed by atoms with Gasteiger partial charge in [0.1, 0.15) is 5.66 Å². The van der Waals surface area contributed by atoms with Crippen molar-refractivity contribution in [1.82, 2.24) is 10.6 Å². The van der Waals surface area contributed by atoms with Gasteiger partial charge in [-0.3, -0.25) is 10.6 Å². The molecule has 0 spiro atoms. The fourth-order valence-electron chi connectivity index (χ4n) is 0.703. The Bertz CT molecular complexity index is 160. The van der Waals surface area contributed by atoms with Crippen LogP contribution in [0.3, 0.4) is 0 Å². The van der Waals surface area contributed by atoms with E-state index in [9.17, 15) is 0 Å². The van der Waals surface area contributed by atoms with Crippen molar-refractivity contribution in [3.8, 4) is 11.8 Å². The largest absolute Gasteiger partial charge is 0.292 e. The zero-order valence-electron chi connectivity index (χ0n) is 8.33. The van der Waals surface area contributed by atoms with Crippen LogP contribution in [0.15, 0.2) is 0 Å². The van der Waals surface area contributed by atoms with Gasteiger partial charge >= 0.3 is 0 Å². The van der Waals surface area contributed by atoms with Gasteiger partial charge in [0, 0.05) is 6.42 Å². The van der Waals surface area contributed by atoms with Gasteiger partial charge in [-0.05, 0) is 27.4 Å². The molecule has 0 fully saturated rings. The second-order valence-corrected chi connectivity index (χ2v) is 2.88. The maximum atomic E-state index is 3.76. The van der Waals surface area contributed by atoms with Crippen molar-refractivity contribution in [3.63, 3.8) is 0 Å². The summed E-state index contributed by atoms with van der Waals surface area (Å²) < 4.78 is 0. The van der Waals surface area contributed by atoms with E-state index in [1.807, 2.05) is 21.0 Å². The summed E-state index contributed by atoms with van der Waals surface area (Å²) in [4.78, 5) is 0. The highest BCUT2D eigenvalue weighted by atomic mass is 15.1. The van der Waals surface area contributed by atoms with Crippen LogP contribution in [0.1, 0.15) is 26.2 Å². The standard InChI is InChI=1S/C10H19N2/c1-5-6-7-8-9-10(2,11-3)12-4/h11-12H,1,5-7H2,2-4H3. The second-order valence-electron chi connectivity index (χ2n) is 2.88. The Balaban J connectivity index is 3.88. The van der Waals surface area contributed by atoms with Crippen LogP contribution in [-0.2, 0) is 0 Å². The molecule has 0 unspecified atom stereocenters. The molecule has 0 amide bonds. The van der Waals surface area contributed by atoms with E-state index < -0.39 is 0 Å². The zero-order valence-corrected chi connectivity index (χ0v) is 8.33.